The highest BCUT2D eigenvalue weighted by Gasteiger charge is 2.40. The molecule has 2 aliphatic rings. The minimum Gasteiger partial charge on any atom is -0.497 e. The molecule has 3 atom stereocenters. The van der Waals surface area contributed by atoms with Gasteiger partial charge in [-0.25, -0.2) is 0 Å². The van der Waals surface area contributed by atoms with E-state index in [4.69, 9.17) is 6.11 Å². The summed E-state index contributed by atoms with van der Waals surface area (Å²) < 4.78 is 13.1. The first-order chi connectivity index (χ1) is 8.70. The SMILES string of the molecule is [2H]C1[C@H]2C=C[C@@H]1N(Cc1ccc(OC)cc1)C2=O. The Labute approximate surface area is 102 Å². The molecule has 1 amide bonds. The van der Waals surface area contributed by atoms with Gasteiger partial charge in [0.25, 0.3) is 0 Å². The highest BCUT2D eigenvalue weighted by molar-refractivity contribution is 5.85. The molecule has 3 nitrogen and oxygen atoms in total. The van der Waals surface area contributed by atoms with Gasteiger partial charge in [0.1, 0.15) is 5.75 Å². The molecule has 0 N–H and O–H groups in total. The highest BCUT2D eigenvalue weighted by atomic mass is 16.5. The van der Waals surface area contributed by atoms with Crippen LogP contribution in [0.3, 0.4) is 0 Å². The van der Waals surface area contributed by atoms with Crippen LogP contribution in [-0.4, -0.2) is 24.0 Å². The van der Waals surface area contributed by atoms with Gasteiger partial charge in [-0.3, -0.25) is 4.79 Å². The van der Waals surface area contributed by atoms with E-state index in [1.54, 1.807) is 12.0 Å². The monoisotopic (exact) mass is 230 g/mol. The Balaban J connectivity index is 1.77. The lowest BCUT2D eigenvalue weighted by Crippen LogP contribution is -2.33. The average molecular weight is 230 g/mol. The summed E-state index contributed by atoms with van der Waals surface area (Å²) in [6.45, 7) is 0.573. The molecule has 3 heteroatoms. The zero-order chi connectivity index (χ0) is 12.7. The summed E-state index contributed by atoms with van der Waals surface area (Å²) in [6, 6.07) is 7.65. The molecule has 0 saturated carbocycles. The van der Waals surface area contributed by atoms with Gasteiger partial charge in [0.2, 0.25) is 5.91 Å². The van der Waals surface area contributed by atoms with Gasteiger partial charge >= 0.3 is 0 Å². The van der Waals surface area contributed by atoms with Crippen molar-refractivity contribution in [1.29, 1.82) is 0 Å². The maximum Gasteiger partial charge on any atom is 0.230 e. The van der Waals surface area contributed by atoms with E-state index >= 15 is 0 Å². The second-order valence-electron chi connectivity index (χ2n) is 4.41. The first kappa shape index (κ1) is 9.28. The van der Waals surface area contributed by atoms with Gasteiger partial charge in [0, 0.05) is 7.92 Å². The summed E-state index contributed by atoms with van der Waals surface area (Å²) in [5.74, 6) is 0.665. The molecule has 1 aromatic rings. The van der Waals surface area contributed by atoms with Gasteiger partial charge in [0.05, 0.1) is 19.1 Å². The van der Waals surface area contributed by atoms with Crippen LogP contribution in [0.5, 0.6) is 5.75 Å². The molecule has 1 saturated heterocycles. The third kappa shape index (κ3) is 1.71. The molecule has 2 bridgehead atoms. The topological polar surface area (TPSA) is 29.5 Å². The Morgan fingerprint density at radius 1 is 1.41 bits per heavy atom. The largest absolute Gasteiger partial charge is 0.497 e. The van der Waals surface area contributed by atoms with Crippen molar-refractivity contribution in [2.45, 2.75) is 19.0 Å². The van der Waals surface area contributed by atoms with E-state index in [-0.39, 0.29) is 24.3 Å². The Bertz CT molecular complexity index is 497. The van der Waals surface area contributed by atoms with Crippen LogP contribution in [-0.2, 0) is 11.3 Å². The molecule has 0 spiro atoms. The van der Waals surface area contributed by atoms with Crippen LogP contribution in [0.25, 0.3) is 0 Å². The van der Waals surface area contributed by atoms with Gasteiger partial charge in [0.15, 0.2) is 0 Å². The quantitative estimate of drug-likeness (QED) is 0.743. The van der Waals surface area contributed by atoms with Crippen LogP contribution < -0.4 is 4.74 Å². The summed E-state index contributed by atoms with van der Waals surface area (Å²) >= 11 is 0. The minimum absolute atomic E-state index is 0.0513. The zero-order valence-electron chi connectivity index (χ0n) is 10.7. The van der Waals surface area contributed by atoms with Gasteiger partial charge in [-0.2, -0.15) is 0 Å². The summed E-state index contributed by atoms with van der Waals surface area (Å²) in [6.07, 6.45) is 3.53. The van der Waals surface area contributed by atoms with Crippen molar-refractivity contribution in [3.05, 3.63) is 42.0 Å². The Kier molecular flexibility index (Phi) is 2.14. The number of hydrogen-bond acceptors (Lipinski definition) is 2. The fourth-order valence-electron chi connectivity index (χ4n) is 2.40. The molecule has 1 aromatic carbocycles. The number of carbonyl (C=O) groups excluding carboxylic acids is 1. The fraction of sp³-hybridized carbons (Fsp3) is 0.357. The Hall–Kier alpha value is -1.77. The second kappa shape index (κ2) is 3.91. The standard InChI is InChI=1S/C14H15NO2/c1-17-13-6-2-10(3-7-13)9-15-12-5-4-11(8-12)14(15)16/h2-7,11-12H,8-9H2,1H3/t11-,12+/m1/s1/i8D/t8?,11-,12+. The Morgan fingerprint density at radius 2 is 2.18 bits per heavy atom. The van der Waals surface area contributed by atoms with Crippen molar-refractivity contribution in [1.82, 2.24) is 4.90 Å². The molecule has 1 fully saturated rings. The highest BCUT2D eigenvalue weighted by Crippen LogP contribution is 2.33. The first-order valence-electron chi connectivity index (χ1n) is 6.32. The molecule has 0 radical (unpaired) electrons. The molecule has 1 heterocycles. The summed E-state index contributed by atoms with van der Waals surface area (Å²) in [7, 11) is 1.63. The van der Waals surface area contributed by atoms with E-state index in [2.05, 4.69) is 0 Å². The number of carbonyl (C=O) groups is 1. The van der Waals surface area contributed by atoms with Gasteiger partial charge in [-0.15, -0.1) is 0 Å². The van der Waals surface area contributed by atoms with E-state index in [9.17, 15) is 4.79 Å². The van der Waals surface area contributed by atoms with Crippen molar-refractivity contribution in [3.63, 3.8) is 0 Å². The number of rotatable bonds is 3. The van der Waals surface area contributed by atoms with Crippen LogP contribution in [0.2, 0.25) is 0 Å². The van der Waals surface area contributed by atoms with E-state index in [0.29, 0.717) is 6.54 Å². The maximum atomic E-state index is 12.0. The average Bonchev–Trinajstić information content (AvgIpc) is 2.86. The van der Waals surface area contributed by atoms with E-state index in [0.717, 1.165) is 11.3 Å². The second-order valence-corrected chi connectivity index (χ2v) is 4.41. The molecule has 3 rings (SSSR count). The molecule has 1 aliphatic carbocycles. The number of ether oxygens (including phenoxy) is 1. The third-order valence-corrected chi connectivity index (χ3v) is 3.36. The summed E-state index contributed by atoms with van der Waals surface area (Å²) in [5, 5.41) is 0. The number of nitrogens with zero attached hydrogens (tertiary/aromatic N) is 1. The lowest BCUT2D eigenvalue weighted by Gasteiger charge is -2.24. The van der Waals surface area contributed by atoms with Gasteiger partial charge in [-0.05, 0) is 24.1 Å². The molecule has 0 aromatic heterocycles. The molecule has 1 aliphatic heterocycles. The van der Waals surface area contributed by atoms with Crippen LogP contribution in [0.4, 0.5) is 0 Å². The maximum absolute atomic E-state index is 12.0. The Morgan fingerprint density at radius 3 is 2.76 bits per heavy atom. The van der Waals surface area contributed by atoms with Crippen molar-refractivity contribution < 1.29 is 10.9 Å². The number of methoxy groups -OCH3 is 1. The van der Waals surface area contributed by atoms with E-state index in [1.165, 1.54) is 0 Å². The molecule has 88 valence electrons. The number of fused-ring (bicyclic) bond motifs is 2. The van der Waals surface area contributed by atoms with Crippen molar-refractivity contribution >= 4 is 5.91 Å². The number of likely N-dealkylation sites (tertiary alicyclic amines) is 1. The van der Waals surface area contributed by atoms with Gasteiger partial charge < -0.3 is 9.64 Å². The van der Waals surface area contributed by atoms with Crippen molar-refractivity contribution in [2.75, 3.05) is 7.11 Å². The smallest absolute Gasteiger partial charge is 0.230 e. The van der Waals surface area contributed by atoms with Crippen LogP contribution in [0, 0.1) is 5.92 Å². The minimum atomic E-state index is -0.323. The molecule has 17 heavy (non-hydrogen) atoms. The lowest BCUT2D eigenvalue weighted by molar-refractivity contribution is -0.131. The van der Waals surface area contributed by atoms with E-state index < -0.39 is 0 Å². The number of benzene rings is 1. The van der Waals surface area contributed by atoms with Crippen LogP contribution >= 0.6 is 0 Å². The van der Waals surface area contributed by atoms with Crippen molar-refractivity contribution in [3.8, 4) is 5.75 Å². The molecular formula is C14H15NO2. The predicted molar refractivity (Wildman–Crippen MR) is 64.6 cm³/mol. The lowest BCUT2D eigenvalue weighted by atomic mass is 10.1. The summed E-state index contributed by atoms with van der Waals surface area (Å²) in [5.41, 5.74) is 1.07. The summed E-state index contributed by atoms with van der Waals surface area (Å²) in [4.78, 5) is 13.8. The van der Waals surface area contributed by atoms with Crippen LogP contribution in [0.1, 0.15) is 13.3 Å². The number of hydrogen-bond donors (Lipinski definition) is 0. The van der Waals surface area contributed by atoms with Crippen LogP contribution in [0.15, 0.2) is 36.4 Å². The number of amides is 1. The van der Waals surface area contributed by atoms with Gasteiger partial charge in [-0.1, -0.05) is 24.3 Å². The normalized spacial score (nSPS) is 30.9. The predicted octanol–water partition coefficient (Wildman–Crippen LogP) is 1.98. The molecular weight excluding hydrogens is 214 g/mol. The van der Waals surface area contributed by atoms with E-state index in [1.807, 2.05) is 36.4 Å². The first-order valence-corrected chi connectivity index (χ1v) is 5.74. The fourth-order valence-corrected chi connectivity index (χ4v) is 2.40. The van der Waals surface area contributed by atoms with Crippen molar-refractivity contribution in [2.24, 2.45) is 5.92 Å². The third-order valence-electron chi connectivity index (χ3n) is 3.36. The zero-order valence-corrected chi connectivity index (χ0v) is 9.67. The molecule has 1 unspecified atom stereocenters.